The van der Waals surface area contributed by atoms with Gasteiger partial charge in [0.25, 0.3) is 11.8 Å². The van der Waals surface area contributed by atoms with Crippen LogP contribution in [0.4, 0.5) is 5.69 Å². The maximum Gasteiger partial charge on any atom is 0.262 e. The Kier molecular flexibility index (Phi) is 12.3. The Bertz CT molecular complexity index is 1540. The summed E-state index contributed by atoms with van der Waals surface area (Å²) in [6.45, 7) is 7.64. The molecule has 6 rings (SSSR count). The van der Waals surface area contributed by atoms with Crippen LogP contribution in [0.2, 0.25) is 0 Å². The van der Waals surface area contributed by atoms with Gasteiger partial charge in [-0.1, -0.05) is 0 Å². The zero-order valence-corrected chi connectivity index (χ0v) is 30.1. The molecule has 0 saturated carbocycles. The molecule has 0 radical (unpaired) electrons. The molecule has 15 nitrogen and oxygen atoms in total. The van der Waals surface area contributed by atoms with E-state index in [1.807, 2.05) is 10.4 Å². The van der Waals surface area contributed by atoms with Crippen molar-refractivity contribution in [2.24, 2.45) is 27.1 Å². The lowest BCUT2D eigenvalue weighted by atomic mass is 9.71. The first kappa shape index (κ1) is 37.2. The summed E-state index contributed by atoms with van der Waals surface area (Å²) in [5.41, 5.74) is 8.35. The van der Waals surface area contributed by atoms with Gasteiger partial charge in [0.15, 0.2) is 0 Å². The van der Waals surface area contributed by atoms with E-state index in [0.29, 0.717) is 47.6 Å². The Morgan fingerprint density at radius 2 is 1.69 bits per heavy atom. The van der Waals surface area contributed by atoms with Crippen LogP contribution in [0.15, 0.2) is 28.3 Å². The van der Waals surface area contributed by atoms with Crippen molar-refractivity contribution in [3.05, 3.63) is 29.3 Å². The summed E-state index contributed by atoms with van der Waals surface area (Å²) in [4.78, 5) is 60.7. The molecule has 1 spiro atoms. The SMILES string of the molecule is N/N=C(\C=NCCN1CCC2(CC1)CCN(c1ccc3c(c1)C(=O)N(C1CCC(=O)NC1=O)C3=O)CC2)COCCCS(=O)N1CCC(N)CC1. The van der Waals surface area contributed by atoms with Crippen molar-refractivity contribution in [2.45, 2.75) is 69.9 Å². The van der Waals surface area contributed by atoms with Crippen LogP contribution in [0, 0.1) is 5.41 Å². The highest BCUT2D eigenvalue weighted by Crippen LogP contribution is 2.42. The second kappa shape index (κ2) is 16.8. The van der Waals surface area contributed by atoms with Crippen molar-refractivity contribution >= 4 is 52.2 Å². The standard InChI is InChI=1S/C35H51N9O6S/c36-25-6-13-43(14-7-25)51(49)21-1-20-50-24-26(40-37)23-38-12-19-41-15-8-35(9-16-41)10-17-42(18-11-35)27-2-3-28-29(22-27)34(48)44(33(28)47)30-4-5-31(45)39-32(30)46/h2-3,22-23,25,30H,1,4-21,24,36-37H2,(H,39,45,46)/b38-23?,40-26+. The Morgan fingerprint density at radius 1 is 0.980 bits per heavy atom. The number of carbonyl (C=O) groups is 4. The van der Waals surface area contributed by atoms with E-state index in [1.54, 1.807) is 18.3 Å². The Hall–Kier alpha value is -3.57. The smallest absolute Gasteiger partial charge is 0.262 e. The average Bonchev–Trinajstić information content (AvgIpc) is 3.38. The number of hydrogen-bond acceptors (Lipinski definition) is 12. The van der Waals surface area contributed by atoms with Gasteiger partial charge in [0.2, 0.25) is 11.8 Å². The lowest BCUT2D eigenvalue weighted by Crippen LogP contribution is -2.54. The number of rotatable bonds is 13. The lowest BCUT2D eigenvalue weighted by molar-refractivity contribution is -0.136. The summed E-state index contributed by atoms with van der Waals surface area (Å²) in [5.74, 6) is 4.18. The number of imide groups is 2. The van der Waals surface area contributed by atoms with Gasteiger partial charge in [-0.3, -0.25) is 34.4 Å². The molecular weight excluding hydrogens is 675 g/mol. The number of nitrogens with two attached hydrogens (primary N) is 2. The van der Waals surface area contributed by atoms with Crippen LogP contribution in [0.5, 0.6) is 0 Å². The number of nitrogens with one attached hydrogen (secondary N) is 1. The fraction of sp³-hybridized carbons (Fsp3) is 0.657. The number of likely N-dealkylation sites (tertiary alicyclic amines) is 1. The maximum atomic E-state index is 13.3. The summed E-state index contributed by atoms with van der Waals surface area (Å²) >= 11 is 0. The van der Waals surface area contributed by atoms with Crippen LogP contribution in [0.1, 0.15) is 78.5 Å². The Labute approximate surface area is 301 Å². The monoisotopic (exact) mass is 725 g/mol. The number of carbonyl (C=O) groups excluding carboxylic acids is 4. The molecule has 0 aromatic heterocycles. The van der Waals surface area contributed by atoms with Crippen molar-refractivity contribution in [3.63, 3.8) is 0 Å². The minimum atomic E-state index is -0.993. The third kappa shape index (κ3) is 8.91. The molecule has 51 heavy (non-hydrogen) atoms. The highest BCUT2D eigenvalue weighted by molar-refractivity contribution is 7.82. The predicted octanol–water partition coefficient (Wildman–Crippen LogP) is 0.649. The summed E-state index contributed by atoms with van der Waals surface area (Å²) < 4.78 is 20.2. The molecule has 278 valence electrons. The Balaban J connectivity index is 0.880. The highest BCUT2D eigenvalue weighted by Gasteiger charge is 2.45. The third-order valence-corrected chi connectivity index (χ3v) is 12.7. The zero-order valence-electron chi connectivity index (χ0n) is 29.3. The molecule has 1 aromatic carbocycles. The van der Waals surface area contributed by atoms with E-state index in [2.05, 4.69) is 25.2 Å². The molecule has 1 aromatic rings. The first-order valence-electron chi connectivity index (χ1n) is 18.2. The van der Waals surface area contributed by atoms with Gasteiger partial charge < -0.3 is 26.1 Å². The van der Waals surface area contributed by atoms with Crippen LogP contribution >= 0.6 is 0 Å². The number of piperidine rings is 4. The quantitative estimate of drug-likeness (QED) is 0.0854. The fourth-order valence-corrected chi connectivity index (χ4v) is 9.03. The van der Waals surface area contributed by atoms with E-state index in [4.69, 9.17) is 16.3 Å². The van der Waals surface area contributed by atoms with Crippen LogP contribution in [0.25, 0.3) is 0 Å². The number of ether oxygens (including phenoxy) is 1. The van der Waals surface area contributed by atoms with Gasteiger partial charge in [-0.25, -0.2) is 8.51 Å². The van der Waals surface area contributed by atoms with Gasteiger partial charge >= 0.3 is 0 Å². The van der Waals surface area contributed by atoms with Crippen LogP contribution in [-0.2, 0) is 25.3 Å². The second-order valence-corrected chi connectivity index (χ2v) is 15.9. The summed E-state index contributed by atoms with van der Waals surface area (Å²) in [7, 11) is -0.993. The number of hydrogen-bond donors (Lipinski definition) is 3. The van der Waals surface area contributed by atoms with E-state index in [9.17, 15) is 23.4 Å². The number of benzene rings is 1. The number of fused-ring (bicyclic) bond motifs is 1. The van der Waals surface area contributed by atoms with E-state index in [1.165, 1.54) is 0 Å². The van der Waals surface area contributed by atoms with Gasteiger partial charge in [0.1, 0.15) is 11.8 Å². The average molecular weight is 726 g/mol. The van der Waals surface area contributed by atoms with Crippen LogP contribution < -0.4 is 21.8 Å². The molecule has 0 aliphatic carbocycles. The van der Waals surface area contributed by atoms with Gasteiger partial charge in [0, 0.05) is 69.4 Å². The summed E-state index contributed by atoms with van der Waals surface area (Å²) in [6, 6.07) is 4.63. The fourth-order valence-electron chi connectivity index (χ4n) is 7.79. The predicted molar refractivity (Wildman–Crippen MR) is 195 cm³/mol. The molecule has 2 unspecified atom stereocenters. The molecule has 16 heteroatoms. The molecule has 2 atom stereocenters. The topological polar surface area (TPSA) is 196 Å². The normalized spacial score (nSPS) is 24.5. The molecule has 4 amide bonds. The minimum Gasteiger partial charge on any atom is -0.375 e. The number of aliphatic imine (C=N–C) groups is 1. The van der Waals surface area contributed by atoms with Crippen molar-refractivity contribution in [1.29, 1.82) is 0 Å². The molecule has 4 saturated heterocycles. The second-order valence-electron chi connectivity index (χ2n) is 14.4. The first-order chi connectivity index (χ1) is 24.7. The van der Waals surface area contributed by atoms with E-state index in [-0.39, 0.29) is 31.4 Å². The molecule has 5 heterocycles. The van der Waals surface area contributed by atoms with E-state index < -0.39 is 34.7 Å². The van der Waals surface area contributed by atoms with Crippen LogP contribution in [0.3, 0.4) is 0 Å². The molecule has 4 fully saturated rings. The zero-order chi connectivity index (χ0) is 36.0. The summed E-state index contributed by atoms with van der Waals surface area (Å²) in [6.07, 6.45) is 8.78. The van der Waals surface area contributed by atoms with Gasteiger partial charge in [-0.2, -0.15) is 5.10 Å². The molecule has 5 aliphatic heterocycles. The largest absolute Gasteiger partial charge is 0.375 e. The highest BCUT2D eigenvalue weighted by atomic mass is 32.2. The van der Waals surface area contributed by atoms with Crippen LogP contribution in [-0.4, -0.2) is 137 Å². The number of nitrogens with zero attached hydrogens (tertiary/aromatic N) is 6. The summed E-state index contributed by atoms with van der Waals surface area (Å²) in [5, 5.41) is 6.05. The molecule has 5 aliphatic rings. The first-order valence-corrected chi connectivity index (χ1v) is 19.5. The molecule has 5 N–H and O–H groups in total. The Morgan fingerprint density at radius 3 is 2.39 bits per heavy atom. The maximum absolute atomic E-state index is 13.3. The molecule has 0 bridgehead atoms. The van der Waals surface area contributed by atoms with Crippen molar-refractivity contribution in [2.75, 3.05) is 76.2 Å². The minimum absolute atomic E-state index is 0.0980. The van der Waals surface area contributed by atoms with Gasteiger partial charge in [-0.05, 0) is 88.1 Å². The van der Waals surface area contributed by atoms with E-state index in [0.717, 1.165) is 94.9 Å². The third-order valence-electron chi connectivity index (χ3n) is 11.1. The van der Waals surface area contributed by atoms with Crippen molar-refractivity contribution in [3.8, 4) is 0 Å². The lowest BCUT2D eigenvalue weighted by Gasteiger charge is -2.47. The van der Waals surface area contributed by atoms with Gasteiger partial charge in [0.05, 0.1) is 35.3 Å². The van der Waals surface area contributed by atoms with E-state index >= 15 is 0 Å². The van der Waals surface area contributed by atoms with Gasteiger partial charge in [-0.15, -0.1) is 0 Å². The molecular formula is C35H51N9O6S. The number of hydrazone groups is 1. The van der Waals surface area contributed by atoms with Crippen molar-refractivity contribution < 1.29 is 28.1 Å². The van der Waals surface area contributed by atoms with Crippen molar-refractivity contribution in [1.82, 2.24) is 19.4 Å². The number of anilines is 1. The number of amides is 4.